The molecule has 0 radical (unpaired) electrons. The molecule has 3 heterocycles. The van der Waals surface area contributed by atoms with E-state index in [4.69, 9.17) is 9.97 Å². The van der Waals surface area contributed by atoms with Crippen molar-refractivity contribution in [2.24, 2.45) is 0 Å². The zero-order chi connectivity index (χ0) is 27.7. The summed E-state index contributed by atoms with van der Waals surface area (Å²) in [7, 11) is 0. The van der Waals surface area contributed by atoms with Crippen molar-refractivity contribution in [2.45, 2.75) is 59.0 Å². The fraction of sp³-hybridized carbons (Fsp3) is 0.379. The summed E-state index contributed by atoms with van der Waals surface area (Å²) in [6, 6.07) is 8.12. The molecule has 2 aliphatic heterocycles. The molecule has 3 aromatic rings. The summed E-state index contributed by atoms with van der Waals surface area (Å²) in [5.74, 6) is -1.46. The number of hydrogen-bond acceptors (Lipinski definition) is 5. The second-order valence-electron chi connectivity index (χ2n) is 10.3. The number of fused-ring (bicyclic) bond motifs is 1. The van der Waals surface area contributed by atoms with Gasteiger partial charge < -0.3 is 15.5 Å². The molecule has 5 rings (SSSR count). The van der Waals surface area contributed by atoms with Crippen LogP contribution in [0.4, 0.5) is 31.0 Å². The van der Waals surface area contributed by atoms with Crippen molar-refractivity contribution in [2.75, 3.05) is 22.9 Å². The maximum Gasteiger partial charge on any atom is 0.328 e. The Kier molecular flexibility index (Phi) is 7.45. The number of nitrogens with zero attached hydrogens (tertiary/aromatic N) is 4. The normalized spacial score (nSPS) is 15.6. The minimum absolute atomic E-state index is 0.0388. The number of benzene rings is 2. The van der Waals surface area contributed by atoms with Crippen LogP contribution in [0.5, 0.6) is 0 Å². The molecule has 0 aliphatic carbocycles. The summed E-state index contributed by atoms with van der Waals surface area (Å²) in [6.45, 7) is 7.22. The molecule has 1 aromatic heterocycles. The molecule has 39 heavy (non-hydrogen) atoms. The zero-order valence-electron chi connectivity index (χ0n) is 22.4. The minimum atomic E-state index is -0.877. The Labute approximate surface area is 226 Å². The average Bonchev–Trinajstić information content (AvgIpc) is 3.19. The van der Waals surface area contributed by atoms with E-state index >= 15 is 0 Å². The Hall–Kier alpha value is -4.08. The van der Waals surface area contributed by atoms with Crippen LogP contribution < -0.4 is 20.4 Å². The van der Waals surface area contributed by atoms with Gasteiger partial charge in [-0.25, -0.2) is 23.5 Å². The van der Waals surface area contributed by atoms with E-state index < -0.39 is 23.4 Å². The minimum Gasteiger partial charge on any atom is -0.350 e. The summed E-state index contributed by atoms with van der Waals surface area (Å²) in [5, 5.41) is 5.63. The smallest absolute Gasteiger partial charge is 0.328 e. The lowest BCUT2D eigenvalue weighted by atomic mass is 9.97. The molecule has 1 fully saturated rings. The Morgan fingerprint density at radius 1 is 1.03 bits per heavy atom. The van der Waals surface area contributed by atoms with Gasteiger partial charge in [-0.2, -0.15) is 4.98 Å². The van der Waals surface area contributed by atoms with Crippen LogP contribution in [-0.2, 0) is 6.54 Å². The van der Waals surface area contributed by atoms with Crippen LogP contribution in [0.15, 0.2) is 36.4 Å². The van der Waals surface area contributed by atoms with Gasteiger partial charge in [-0.05, 0) is 63.4 Å². The Bertz CT molecular complexity index is 1400. The van der Waals surface area contributed by atoms with Crippen molar-refractivity contribution in [3.05, 3.63) is 64.7 Å². The molecule has 2 N–H and O–H groups in total. The Morgan fingerprint density at radius 3 is 2.38 bits per heavy atom. The van der Waals surface area contributed by atoms with Gasteiger partial charge >= 0.3 is 6.03 Å². The molecule has 3 amide bonds. The number of carbonyl (C=O) groups is 2. The quantitative estimate of drug-likeness (QED) is 0.444. The lowest BCUT2D eigenvalue weighted by molar-refractivity contribution is 0.0943. The molecule has 2 aliphatic rings. The van der Waals surface area contributed by atoms with Crippen molar-refractivity contribution < 1.29 is 18.4 Å². The van der Waals surface area contributed by atoms with Gasteiger partial charge in [0.2, 0.25) is 5.95 Å². The number of halogens is 2. The van der Waals surface area contributed by atoms with Gasteiger partial charge in [0, 0.05) is 35.8 Å². The van der Waals surface area contributed by atoms with Gasteiger partial charge in [-0.1, -0.05) is 25.0 Å². The number of hydrogen-bond donors (Lipinski definition) is 2. The summed E-state index contributed by atoms with van der Waals surface area (Å²) >= 11 is 0. The molecule has 2 aromatic carbocycles. The predicted octanol–water partition coefficient (Wildman–Crippen LogP) is 5.61. The summed E-state index contributed by atoms with van der Waals surface area (Å²) in [6.07, 6.45) is 4.11. The molecular weight excluding hydrogens is 502 g/mol. The summed E-state index contributed by atoms with van der Waals surface area (Å²) < 4.78 is 30.0. The molecule has 1 saturated heterocycles. The van der Waals surface area contributed by atoms with E-state index in [2.05, 4.69) is 15.5 Å². The highest BCUT2D eigenvalue weighted by Gasteiger charge is 2.35. The standard InChI is InChI=1S/C29H32F2N6O2/c1-17(2)33-27(38)19-12-11-18(3)20(15-19)24-21-16-32-29(39)37(25-22(30)9-8-10-23(25)31)26(21)35-28(34-24)36-13-6-4-5-7-14-36/h8-12,15,17H,4-7,13-14,16H2,1-3H3,(H,32,39)(H,33,38). The second kappa shape index (κ2) is 11.0. The first-order chi connectivity index (χ1) is 18.7. The first-order valence-corrected chi connectivity index (χ1v) is 13.3. The van der Waals surface area contributed by atoms with Crippen LogP contribution in [0, 0.1) is 18.6 Å². The van der Waals surface area contributed by atoms with Crippen molar-refractivity contribution >= 4 is 29.4 Å². The number of urea groups is 1. The van der Waals surface area contributed by atoms with Crippen molar-refractivity contribution in [3.63, 3.8) is 0 Å². The molecule has 0 spiro atoms. The van der Waals surface area contributed by atoms with Gasteiger partial charge in [0.15, 0.2) is 5.82 Å². The number of anilines is 3. The third kappa shape index (κ3) is 5.28. The third-order valence-corrected chi connectivity index (χ3v) is 7.03. The highest BCUT2D eigenvalue weighted by Crippen LogP contribution is 2.40. The largest absolute Gasteiger partial charge is 0.350 e. The highest BCUT2D eigenvalue weighted by atomic mass is 19.1. The monoisotopic (exact) mass is 534 g/mol. The molecule has 0 unspecified atom stereocenters. The van der Waals surface area contributed by atoms with Crippen LogP contribution in [0.2, 0.25) is 0 Å². The van der Waals surface area contributed by atoms with Crippen LogP contribution in [0.1, 0.15) is 61.0 Å². The molecule has 0 bridgehead atoms. The Balaban J connectivity index is 1.74. The van der Waals surface area contributed by atoms with Gasteiger partial charge in [-0.15, -0.1) is 0 Å². The number of rotatable bonds is 5. The maximum atomic E-state index is 15.0. The SMILES string of the molecule is Cc1ccc(C(=O)NC(C)C)cc1-c1nc(N2CCCCCC2)nc2c1CNC(=O)N2c1c(F)cccc1F. The predicted molar refractivity (Wildman–Crippen MR) is 146 cm³/mol. The second-order valence-corrected chi connectivity index (χ2v) is 10.3. The molecule has 0 saturated carbocycles. The third-order valence-electron chi connectivity index (χ3n) is 7.03. The van der Waals surface area contributed by atoms with Crippen LogP contribution in [-0.4, -0.2) is 41.0 Å². The molecule has 0 atom stereocenters. The van der Waals surface area contributed by atoms with Crippen molar-refractivity contribution in [1.29, 1.82) is 0 Å². The van der Waals surface area contributed by atoms with Crippen LogP contribution in [0.25, 0.3) is 11.3 Å². The first-order valence-electron chi connectivity index (χ1n) is 13.3. The molecular formula is C29H32F2N6O2. The average molecular weight is 535 g/mol. The number of aromatic nitrogens is 2. The van der Waals surface area contributed by atoms with Crippen molar-refractivity contribution in [1.82, 2.24) is 20.6 Å². The molecule has 8 nitrogen and oxygen atoms in total. The lowest BCUT2D eigenvalue weighted by Gasteiger charge is -2.32. The zero-order valence-corrected chi connectivity index (χ0v) is 22.4. The number of nitrogens with one attached hydrogen (secondary N) is 2. The van der Waals surface area contributed by atoms with Crippen LogP contribution in [0.3, 0.4) is 0 Å². The van der Waals surface area contributed by atoms with E-state index in [0.29, 0.717) is 28.3 Å². The van der Waals surface area contributed by atoms with E-state index in [-0.39, 0.29) is 24.3 Å². The first kappa shape index (κ1) is 26.5. The lowest BCUT2D eigenvalue weighted by Crippen LogP contribution is -2.43. The van der Waals surface area contributed by atoms with Gasteiger partial charge in [0.1, 0.15) is 17.3 Å². The number of carbonyl (C=O) groups excluding carboxylic acids is 2. The maximum absolute atomic E-state index is 15.0. The fourth-order valence-corrected chi connectivity index (χ4v) is 5.06. The van der Waals surface area contributed by atoms with E-state index in [1.54, 1.807) is 12.1 Å². The number of para-hydroxylation sites is 1. The van der Waals surface area contributed by atoms with Gasteiger partial charge in [-0.3, -0.25) is 4.79 Å². The summed E-state index contributed by atoms with van der Waals surface area (Å²) in [4.78, 5) is 38.7. The van der Waals surface area contributed by atoms with Crippen molar-refractivity contribution in [3.8, 4) is 11.3 Å². The molecule has 204 valence electrons. The van der Waals surface area contributed by atoms with E-state index in [1.807, 2.05) is 26.8 Å². The number of aryl methyl sites for hydroxylation is 1. The highest BCUT2D eigenvalue weighted by molar-refractivity contribution is 6.02. The van der Waals surface area contributed by atoms with Gasteiger partial charge in [0.05, 0.1) is 12.2 Å². The fourth-order valence-electron chi connectivity index (χ4n) is 5.06. The molecule has 10 heteroatoms. The van der Waals surface area contributed by atoms with E-state index in [0.717, 1.165) is 61.4 Å². The van der Waals surface area contributed by atoms with E-state index in [1.165, 1.54) is 6.07 Å². The summed E-state index contributed by atoms with van der Waals surface area (Å²) in [5.41, 5.74) is 2.54. The number of amides is 3. The topological polar surface area (TPSA) is 90.5 Å². The Morgan fingerprint density at radius 2 is 1.72 bits per heavy atom. The van der Waals surface area contributed by atoms with E-state index in [9.17, 15) is 18.4 Å². The van der Waals surface area contributed by atoms with Gasteiger partial charge in [0.25, 0.3) is 5.91 Å². The van der Waals surface area contributed by atoms with Crippen LogP contribution >= 0.6 is 0 Å².